The van der Waals surface area contributed by atoms with Gasteiger partial charge in [-0.15, -0.1) is 0 Å². The zero-order valence-electron chi connectivity index (χ0n) is 14.9. The van der Waals surface area contributed by atoms with E-state index in [0.717, 1.165) is 35.2 Å². The SMILES string of the molecule is N=Cc1ccc2c(c1)CCC(n1ccc(OCc3ccccc3)cc1=O)=C2. The quantitative estimate of drug-likeness (QED) is 0.690. The van der Waals surface area contributed by atoms with Crippen LogP contribution in [-0.4, -0.2) is 10.8 Å². The van der Waals surface area contributed by atoms with Gasteiger partial charge in [-0.1, -0.05) is 42.5 Å². The molecule has 3 aromatic rings. The van der Waals surface area contributed by atoms with Gasteiger partial charge in [0.05, 0.1) is 0 Å². The van der Waals surface area contributed by atoms with E-state index in [1.165, 1.54) is 17.8 Å². The first-order valence-corrected chi connectivity index (χ1v) is 8.97. The molecule has 1 aliphatic carbocycles. The maximum absolute atomic E-state index is 12.6. The van der Waals surface area contributed by atoms with Gasteiger partial charge in [-0.3, -0.25) is 9.36 Å². The minimum atomic E-state index is -0.0913. The van der Waals surface area contributed by atoms with E-state index in [4.69, 9.17) is 10.1 Å². The molecule has 0 saturated heterocycles. The highest BCUT2D eigenvalue weighted by molar-refractivity contribution is 5.81. The van der Waals surface area contributed by atoms with Gasteiger partial charge in [0.15, 0.2) is 0 Å². The van der Waals surface area contributed by atoms with Crippen LogP contribution in [0.3, 0.4) is 0 Å². The highest BCUT2D eigenvalue weighted by atomic mass is 16.5. The Morgan fingerprint density at radius 1 is 1.04 bits per heavy atom. The van der Waals surface area contributed by atoms with Gasteiger partial charge in [0.25, 0.3) is 5.56 Å². The van der Waals surface area contributed by atoms with E-state index in [-0.39, 0.29) is 5.56 Å². The number of fused-ring (bicyclic) bond motifs is 1. The van der Waals surface area contributed by atoms with Gasteiger partial charge in [0.1, 0.15) is 12.4 Å². The summed E-state index contributed by atoms with van der Waals surface area (Å²) in [5, 5.41) is 7.37. The van der Waals surface area contributed by atoms with Crippen molar-refractivity contribution in [1.29, 1.82) is 5.41 Å². The second-order valence-corrected chi connectivity index (χ2v) is 6.58. The summed E-state index contributed by atoms with van der Waals surface area (Å²) in [7, 11) is 0. The fourth-order valence-electron chi connectivity index (χ4n) is 3.31. The van der Waals surface area contributed by atoms with Gasteiger partial charge in [-0.25, -0.2) is 0 Å². The van der Waals surface area contributed by atoms with Crippen molar-refractivity contribution >= 4 is 18.0 Å². The normalized spacial score (nSPS) is 12.8. The molecule has 0 atom stereocenters. The maximum atomic E-state index is 12.6. The first kappa shape index (κ1) is 17.0. The van der Waals surface area contributed by atoms with Crippen molar-refractivity contribution in [3.63, 3.8) is 0 Å². The van der Waals surface area contributed by atoms with Crippen LogP contribution in [-0.2, 0) is 13.0 Å². The minimum absolute atomic E-state index is 0.0913. The van der Waals surface area contributed by atoms with Crippen molar-refractivity contribution in [3.05, 3.63) is 99.5 Å². The molecule has 1 N–H and O–H groups in total. The Bertz CT molecular complexity index is 1070. The molecule has 4 heteroatoms. The second-order valence-electron chi connectivity index (χ2n) is 6.58. The summed E-state index contributed by atoms with van der Waals surface area (Å²) in [6.45, 7) is 0.440. The lowest BCUT2D eigenvalue weighted by Crippen LogP contribution is -2.19. The Labute approximate surface area is 157 Å². The summed E-state index contributed by atoms with van der Waals surface area (Å²) in [4.78, 5) is 12.6. The van der Waals surface area contributed by atoms with Crippen molar-refractivity contribution in [1.82, 2.24) is 4.57 Å². The van der Waals surface area contributed by atoms with Gasteiger partial charge in [-0.05, 0) is 53.3 Å². The lowest BCUT2D eigenvalue weighted by Gasteiger charge is -2.18. The Morgan fingerprint density at radius 3 is 2.67 bits per heavy atom. The molecule has 0 radical (unpaired) electrons. The molecule has 1 heterocycles. The fraction of sp³-hybridized carbons (Fsp3) is 0.130. The zero-order chi connectivity index (χ0) is 18.6. The summed E-state index contributed by atoms with van der Waals surface area (Å²) in [6, 6.07) is 19.2. The molecule has 4 nitrogen and oxygen atoms in total. The van der Waals surface area contributed by atoms with Crippen molar-refractivity contribution in [2.45, 2.75) is 19.4 Å². The van der Waals surface area contributed by atoms with Crippen LogP contribution in [0.1, 0.15) is 28.7 Å². The average molecular weight is 356 g/mol. The van der Waals surface area contributed by atoms with E-state index in [0.29, 0.717) is 12.4 Å². The molecule has 0 saturated carbocycles. The number of hydrogen-bond acceptors (Lipinski definition) is 3. The van der Waals surface area contributed by atoms with Crippen molar-refractivity contribution in [2.75, 3.05) is 0 Å². The molecule has 0 bridgehead atoms. The lowest BCUT2D eigenvalue weighted by molar-refractivity contribution is 0.305. The van der Waals surface area contributed by atoms with Crippen molar-refractivity contribution < 1.29 is 4.74 Å². The van der Waals surface area contributed by atoms with Crippen LogP contribution in [0.15, 0.2) is 71.7 Å². The Hall–Kier alpha value is -3.40. The number of hydrogen-bond donors (Lipinski definition) is 1. The fourth-order valence-corrected chi connectivity index (χ4v) is 3.31. The molecular formula is C23H20N2O2. The Morgan fingerprint density at radius 2 is 1.89 bits per heavy atom. The number of aromatic nitrogens is 1. The molecule has 0 spiro atoms. The molecule has 2 aromatic carbocycles. The lowest BCUT2D eigenvalue weighted by atomic mass is 9.93. The molecular weight excluding hydrogens is 336 g/mol. The van der Waals surface area contributed by atoms with Crippen molar-refractivity contribution in [3.8, 4) is 5.75 Å². The monoisotopic (exact) mass is 356 g/mol. The Kier molecular flexibility index (Phi) is 4.71. The molecule has 0 amide bonds. The van der Waals surface area contributed by atoms with Gasteiger partial charge >= 0.3 is 0 Å². The van der Waals surface area contributed by atoms with Crippen LogP contribution >= 0.6 is 0 Å². The van der Waals surface area contributed by atoms with E-state index >= 15 is 0 Å². The number of pyridine rings is 1. The van der Waals surface area contributed by atoms with Gasteiger partial charge in [0.2, 0.25) is 0 Å². The van der Waals surface area contributed by atoms with E-state index in [2.05, 4.69) is 6.08 Å². The summed E-state index contributed by atoms with van der Waals surface area (Å²) in [5.41, 5.74) is 5.19. The van der Waals surface area contributed by atoms with Crippen LogP contribution in [0.5, 0.6) is 5.75 Å². The standard InChI is InChI=1S/C23H20N2O2/c24-15-18-6-7-20-13-21(9-8-19(20)12-18)25-11-10-22(14-23(25)26)27-16-17-4-2-1-3-5-17/h1-7,10-15,24H,8-9,16H2. The van der Waals surface area contributed by atoms with Gasteiger partial charge < -0.3 is 10.1 Å². The maximum Gasteiger partial charge on any atom is 0.258 e. The molecule has 0 aliphatic heterocycles. The van der Waals surface area contributed by atoms with Crippen LogP contribution in [0.4, 0.5) is 0 Å². The highest BCUT2D eigenvalue weighted by Gasteiger charge is 2.13. The topological polar surface area (TPSA) is 55.1 Å². The van der Waals surface area contributed by atoms with E-state index in [1.54, 1.807) is 10.8 Å². The molecule has 4 rings (SSSR count). The summed E-state index contributed by atoms with van der Waals surface area (Å²) in [6.07, 6.45) is 6.85. The average Bonchev–Trinajstić information content (AvgIpc) is 2.72. The number of nitrogens with one attached hydrogen (secondary N) is 1. The molecule has 27 heavy (non-hydrogen) atoms. The summed E-state index contributed by atoms with van der Waals surface area (Å²) < 4.78 is 7.43. The van der Waals surface area contributed by atoms with Crippen LogP contribution in [0.2, 0.25) is 0 Å². The van der Waals surface area contributed by atoms with Gasteiger partial charge in [-0.2, -0.15) is 0 Å². The Balaban J connectivity index is 1.55. The number of allylic oxidation sites excluding steroid dienone is 1. The molecule has 134 valence electrons. The van der Waals surface area contributed by atoms with Crippen molar-refractivity contribution in [2.24, 2.45) is 0 Å². The minimum Gasteiger partial charge on any atom is -0.489 e. The number of rotatable bonds is 5. The van der Waals surface area contributed by atoms with E-state index in [9.17, 15) is 4.79 Å². The highest BCUT2D eigenvalue weighted by Crippen LogP contribution is 2.27. The third-order valence-corrected chi connectivity index (χ3v) is 4.76. The van der Waals surface area contributed by atoms with Gasteiger partial charge in [0, 0.05) is 24.2 Å². The number of ether oxygens (including phenoxy) is 1. The predicted molar refractivity (Wildman–Crippen MR) is 108 cm³/mol. The largest absolute Gasteiger partial charge is 0.489 e. The van der Waals surface area contributed by atoms with E-state index in [1.807, 2.05) is 54.6 Å². The molecule has 0 unspecified atom stereocenters. The number of nitrogens with zero attached hydrogens (tertiary/aromatic N) is 1. The van der Waals surface area contributed by atoms with Crippen LogP contribution in [0.25, 0.3) is 11.8 Å². The van der Waals surface area contributed by atoms with Crippen LogP contribution in [0, 0.1) is 5.41 Å². The zero-order valence-corrected chi connectivity index (χ0v) is 14.9. The third-order valence-electron chi connectivity index (χ3n) is 4.76. The third kappa shape index (κ3) is 3.75. The summed E-state index contributed by atoms with van der Waals surface area (Å²) >= 11 is 0. The second kappa shape index (κ2) is 7.46. The smallest absolute Gasteiger partial charge is 0.258 e. The molecule has 1 aromatic heterocycles. The van der Waals surface area contributed by atoms with Crippen LogP contribution < -0.4 is 10.3 Å². The first-order chi connectivity index (χ1) is 13.2. The number of aryl methyl sites for hydroxylation is 1. The molecule has 1 aliphatic rings. The predicted octanol–water partition coefficient (Wildman–Crippen LogP) is 4.37. The number of benzene rings is 2. The first-order valence-electron chi connectivity index (χ1n) is 8.97. The molecule has 0 fully saturated rings. The summed E-state index contributed by atoms with van der Waals surface area (Å²) in [5.74, 6) is 0.576. The van der Waals surface area contributed by atoms with E-state index < -0.39 is 0 Å².